The maximum Gasteiger partial charge on any atom is 0.0754 e. The van der Waals surface area contributed by atoms with Crippen LogP contribution in [0.15, 0.2) is 303 Å². The summed E-state index contributed by atoms with van der Waals surface area (Å²) in [5, 5.41) is 4.94. The van der Waals surface area contributed by atoms with E-state index >= 15 is 0 Å². The van der Waals surface area contributed by atoms with E-state index in [9.17, 15) is 0 Å². The minimum absolute atomic E-state index is 0.513. The minimum atomic E-state index is -0.513. The van der Waals surface area contributed by atoms with Crippen LogP contribution in [-0.2, 0) is 5.41 Å². The molecule has 2 aliphatic rings. The molecule has 1 aliphatic heterocycles. The van der Waals surface area contributed by atoms with E-state index in [1.54, 1.807) is 0 Å². The third kappa shape index (κ3) is 6.91. The number of nitrogens with zero attached hydrogens (tertiary/aromatic N) is 2. The molecule has 368 valence electrons. The molecular formula is C77H50N2. The van der Waals surface area contributed by atoms with Crippen LogP contribution in [0.4, 0.5) is 17.1 Å². The van der Waals surface area contributed by atoms with Crippen molar-refractivity contribution in [3.05, 3.63) is 326 Å². The Balaban J connectivity index is 0.824. The van der Waals surface area contributed by atoms with Gasteiger partial charge in [0.05, 0.1) is 27.8 Å². The summed E-state index contributed by atoms with van der Waals surface area (Å²) in [6.45, 7) is 0. The molecule has 0 saturated carbocycles. The summed E-state index contributed by atoms with van der Waals surface area (Å²) in [5.41, 5.74) is 26.4. The topological polar surface area (TPSA) is 8.17 Å². The van der Waals surface area contributed by atoms with Crippen LogP contribution in [0.1, 0.15) is 22.3 Å². The molecule has 0 N–H and O–H groups in total. The van der Waals surface area contributed by atoms with Gasteiger partial charge in [0.2, 0.25) is 0 Å². The third-order valence-corrected chi connectivity index (χ3v) is 17.0. The summed E-state index contributed by atoms with van der Waals surface area (Å²) in [4.78, 5) is 2.44. The molecule has 16 rings (SSSR count). The van der Waals surface area contributed by atoms with Gasteiger partial charge in [0, 0.05) is 27.7 Å². The van der Waals surface area contributed by atoms with Crippen LogP contribution in [-0.4, -0.2) is 4.57 Å². The highest BCUT2D eigenvalue weighted by atomic mass is 15.1. The second kappa shape index (κ2) is 17.9. The van der Waals surface area contributed by atoms with Crippen molar-refractivity contribution < 1.29 is 0 Å². The molecule has 2 heteroatoms. The molecule has 1 spiro atoms. The maximum atomic E-state index is 2.52. The van der Waals surface area contributed by atoms with Crippen molar-refractivity contribution in [1.82, 2.24) is 4.57 Å². The Morgan fingerprint density at radius 3 is 1.56 bits per heavy atom. The normalized spacial score (nSPS) is 13.9. The first-order valence-electron chi connectivity index (χ1n) is 27.4. The first-order chi connectivity index (χ1) is 39.2. The van der Waals surface area contributed by atoms with E-state index in [-0.39, 0.29) is 0 Å². The smallest absolute Gasteiger partial charge is 0.0754 e. The largest absolute Gasteiger partial charge is 0.310 e. The molecule has 0 fully saturated rings. The van der Waals surface area contributed by atoms with Crippen molar-refractivity contribution in [2.24, 2.45) is 0 Å². The van der Waals surface area contributed by atoms with E-state index in [0.29, 0.717) is 0 Å². The van der Waals surface area contributed by atoms with E-state index in [1.165, 1.54) is 122 Å². The molecule has 14 aromatic rings. The van der Waals surface area contributed by atoms with Crippen molar-refractivity contribution >= 4 is 49.6 Å². The zero-order valence-corrected chi connectivity index (χ0v) is 43.3. The molecule has 0 radical (unpaired) electrons. The highest BCUT2D eigenvalue weighted by molar-refractivity contribution is 6.13. The Kier molecular flexibility index (Phi) is 10.2. The Morgan fingerprint density at radius 1 is 0.266 bits per heavy atom. The van der Waals surface area contributed by atoms with Gasteiger partial charge in [-0.25, -0.2) is 0 Å². The fraction of sp³-hybridized carbons (Fsp3) is 0.0130. The van der Waals surface area contributed by atoms with Gasteiger partial charge in [-0.05, 0) is 149 Å². The molecule has 1 unspecified atom stereocenters. The zero-order valence-electron chi connectivity index (χ0n) is 43.3. The van der Waals surface area contributed by atoms with Crippen molar-refractivity contribution in [3.8, 4) is 72.4 Å². The molecular weight excluding hydrogens is 953 g/mol. The van der Waals surface area contributed by atoms with Crippen LogP contribution in [0.25, 0.3) is 105 Å². The Morgan fingerprint density at radius 2 is 0.772 bits per heavy atom. The molecule has 1 aromatic heterocycles. The second-order valence-corrected chi connectivity index (χ2v) is 21.1. The molecule has 0 bridgehead atoms. The lowest BCUT2D eigenvalue weighted by molar-refractivity contribution is 0.749. The van der Waals surface area contributed by atoms with Crippen molar-refractivity contribution in [2.45, 2.75) is 5.41 Å². The van der Waals surface area contributed by atoms with Gasteiger partial charge in [-0.2, -0.15) is 0 Å². The van der Waals surface area contributed by atoms with Gasteiger partial charge in [0.25, 0.3) is 0 Å². The number of fused-ring (bicyclic) bond motifs is 13. The lowest BCUT2D eigenvalue weighted by Gasteiger charge is -2.39. The molecule has 13 aromatic carbocycles. The molecule has 1 aliphatic carbocycles. The Labute approximate surface area is 460 Å². The Hall–Kier alpha value is -10.3. The summed E-state index contributed by atoms with van der Waals surface area (Å²) in [5.74, 6) is 0. The molecule has 2 heterocycles. The van der Waals surface area contributed by atoms with Gasteiger partial charge < -0.3 is 9.47 Å². The minimum Gasteiger partial charge on any atom is -0.310 e. The summed E-state index contributed by atoms with van der Waals surface area (Å²) < 4.78 is 2.52. The SMILES string of the molecule is c1ccc(-c2ccc(-c3ccc(N(c4ccc5cc(-c6ccc7c(c6)C6(c8ccccc8-7)c7ccccc7-n7c8ccccc8c8cccc6c87)ccc5c4)c4ccccc4-c4ccccc4-c4ccccc4)cc3)cc2)cc1. The van der Waals surface area contributed by atoms with Gasteiger partial charge in [-0.15, -0.1) is 0 Å². The Bertz CT molecular complexity index is 4700. The molecule has 0 amide bonds. The number of aromatic nitrogens is 1. The maximum absolute atomic E-state index is 2.52. The van der Waals surface area contributed by atoms with Crippen molar-refractivity contribution in [3.63, 3.8) is 0 Å². The second-order valence-electron chi connectivity index (χ2n) is 21.1. The van der Waals surface area contributed by atoms with E-state index in [4.69, 9.17) is 0 Å². The summed E-state index contributed by atoms with van der Waals surface area (Å²) in [6, 6.07) is 112. The highest BCUT2D eigenvalue weighted by Crippen LogP contribution is 2.61. The molecule has 0 saturated heterocycles. The molecule has 2 nitrogen and oxygen atoms in total. The van der Waals surface area contributed by atoms with Gasteiger partial charge in [0.15, 0.2) is 0 Å². The van der Waals surface area contributed by atoms with Gasteiger partial charge in [0.1, 0.15) is 0 Å². The third-order valence-electron chi connectivity index (χ3n) is 17.0. The molecule has 1 atom stereocenters. The monoisotopic (exact) mass is 1000 g/mol. The fourth-order valence-corrected chi connectivity index (χ4v) is 13.5. The zero-order chi connectivity index (χ0) is 52.0. The number of benzene rings is 13. The van der Waals surface area contributed by atoms with Gasteiger partial charge in [-0.3, -0.25) is 0 Å². The van der Waals surface area contributed by atoms with E-state index < -0.39 is 5.41 Å². The predicted molar refractivity (Wildman–Crippen MR) is 331 cm³/mol. The van der Waals surface area contributed by atoms with Crippen LogP contribution in [0.2, 0.25) is 0 Å². The van der Waals surface area contributed by atoms with E-state index in [2.05, 4.69) is 313 Å². The average molecular weight is 1000 g/mol. The van der Waals surface area contributed by atoms with Gasteiger partial charge in [-0.1, -0.05) is 249 Å². The van der Waals surface area contributed by atoms with Crippen LogP contribution in [0.3, 0.4) is 0 Å². The van der Waals surface area contributed by atoms with Crippen molar-refractivity contribution in [1.29, 1.82) is 0 Å². The van der Waals surface area contributed by atoms with E-state index in [1.807, 2.05) is 0 Å². The molecule has 79 heavy (non-hydrogen) atoms. The number of rotatable bonds is 8. The number of anilines is 3. The van der Waals surface area contributed by atoms with Crippen LogP contribution in [0.5, 0.6) is 0 Å². The quantitative estimate of drug-likeness (QED) is 0.147. The fourth-order valence-electron chi connectivity index (χ4n) is 13.5. The van der Waals surface area contributed by atoms with E-state index in [0.717, 1.165) is 22.6 Å². The van der Waals surface area contributed by atoms with Gasteiger partial charge >= 0.3 is 0 Å². The summed E-state index contributed by atoms with van der Waals surface area (Å²) in [7, 11) is 0. The highest BCUT2D eigenvalue weighted by Gasteiger charge is 2.50. The summed E-state index contributed by atoms with van der Waals surface area (Å²) in [6.07, 6.45) is 0. The predicted octanol–water partition coefficient (Wildman–Crippen LogP) is 20.4. The van der Waals surface area contributed by atoms with Crippen LogP contribution >= 0.6 is 0 Å². The number of hydrogen-bond acceptors (Lipinski definition) is 1. The first kappa shape index (κ1) is 45.0. The first-order valence-corrected chi connectivity index (χ1v) is 27.4. The van der Waals surface area contributed by atoms with Crippen LogP contribution in [0, 0.1) is 0 Å². The number of para-hydroxylation sites is 4. The summed E-state index contributed by atoms with van der Waals surface area (Å²) >= 11 is 0. The van der Waals surface area contributed by atoms with Crippen LogP contribution < -0.4 is 4.90 Å². The average Bonchev–Trinajstić information content (AvgIpc) is 2.31. The van der Waals surface area contributed by atoms with Crippen molar-refractivity contribution in [2.75, 3.05) is 4.90 Å². The lowest BCUT2D eigenvalue weighted by atomic mass is 9.65. The lowest BCUT2D eigenvalue weighted by Crippen LogP contribution is -2.33. The number of hydrogen-bond donors (Lipinski definition) is 0. The standard InChI is InChI=1S/C77H50N2/c1-3-18-51(19-4-1)52-34-36-53(37-35-52)54-40-44-60(45-41-54)78(73-31-14-10-25-66(73)63-23-8-7-22-62(63)55-20-5-2-6-21-55)61-46-42-57-48-56(38-39-58(57)49-61)59-43-47-65-64-24-9-12-28-69(64)77(72(65)50-59)70-29-13-16-33-75(70)79-74-32-15-11-26-67(74)68-27-17-30-71(77)76(68)79/h1-50H.